The highest BCUT2D eigenvalue weighted by Gasteiger charge is 2.07. The Bertz CT molecular complexity index is 816. The molecular weight excluding hydrogens is 286 g/mol. The lowest BCUT2D eigenvalue weighted by Crippen LogP contribution is -2.22. The summed E-state index contributed by atoms with van der Waals surface area (Å²) in [6.45, 7) is 0.454. The van der Waals surface area contributed by atoms with Gasteiger partial charge in [0.05, 0.1) is 0 Å². The Kier molecular flexibility index (Phi) is 4.34. The highest BCUT2D eigenvalue weighted by Crippen LogP contribution is 2.22. The van der Waals surface area contributed by atoms with E-state index >= 15 is 0 Å². The van der Waals surface area contributed by atoms with Crippen molar-refractivity contribution in [2.45, 2.75) is 6.54 Å². The van der Waals surface area contributed by atoms with E-state index in [1.807, 2.05) is 54.6 Å². The van der Waals surface area contributed by atoms with E-state index in [0.29, 0.717) is 17.8 Å². The van der Waals surface area contributed by atoms with Crippen molar-refractivity contribution < 1.29 is 4.79 Å². The molecule has 0 saturated heterocycles. The molecule has 114 valence electrons. The van der Waals surface area contributed by atoms with Crippen LogP contribution in [0.2, 0.25) is 0 Å². The van der Waals surface area contributed by atoms with Crippen molar-refractivity contribution in [3.05, 3.63) is 84.2 Å². The molecule has 0 saturated carbocycles. The van der Waals surface area contributed by atoms with E-state index in [1.54, 1.807) is 18.5 Å². The molecule has 2 aromatic carbocycles. The van der Waals surface area contributed by atoms with Crippen LogP contribution in [0.1, 0.15) is 15.9 Å². The van der Waals surface area contributed by atoms with Gasteiger partial charge in [-0.05, 0) is 47.0 Å². The lowest BCUT2D eigenvalue weighted by atomic mass is 10.0. The fourth-order valence-corrected chi connectivity index (χ4v) is 2.35. The number of carbonyl (C=O) groups is 1. The molecule has 0 atom stereocenters. The molecule has 1 aromatic heterocycles. The Balaban J connectivity index is 1.75. The highest BCUT2D eigenvalue weighted by molar-refractivity contribution is 5.95. The molecule has 0 aliphatic rings. The molecule has 1 heterocycles. The summed E-state index contributed by atoms with van der Waals surface area (Å²) in [5, 5.41) is 2.90. The highest BCUT2D eigenvalue weighted by atomic mass is 16.1. The number of nitrogens with zero attached hydrogens (tertiary/aromatic N) is 1. The fraction of sp³-hybridized carbons (Fsp3) is 0.0526. The second-order valence-corrected chi connectivity index (χ2v) is 5.25. The minimum absolute atomic E-state index is 0.111. The molecule has 0 bridgehead atoms. The maximum Gasteiger partial charge on any atom is 0.251 e. The van der Waals surface area contributed by atoms with Crippen molar-refractivity contribution in [1.82, 2.24) is 10.3 Å². The average molecular weight is 303 g/mol. The van der Waals surface area contributed by atoms with Gasteiger partial charge in [-0.1, -0.05) is 30.3 Å². The summed E-state index contributed by atoms with van der Waals surface area (Å²) in [4.78, 5) is 16.3. The van der Waals surface area contributed by atoms with E-state index in [2.05, 4.69) is 10.3 Å². The van der Waals surface area contributed by atoms with E-state index < -0.39 is 0 Å². The normalized spacial score (nSPS) is 10.3. The third-order valence-corrected chi connectivity index (χ3v) is 3.52. The van der Waals surface area contributed by atoms with E-state index in [0.717, 1.165) is 16.7 Å². The van der Waals surface area contributed by atoms with Crippen molar-refractivity contribution in [3.8, 4) is 11.1 Å². The molecule has 3 rings (SSSR count). The first kappa shape index (κ1) is 14.8. The van der Waals surface area contributed by atoms with Crippen LogP contribution < -0.4 is 11.1 Å². The van der Waals surface area contributed by atoms with Gasteiger partial charge in [-0.2, -0.15) is 0 Å². The number of carbonyl (C=O) groups excluding carboxylic acids is 1. The third kappa shape index (κ3) is 3.74. The second kappa shape index (κ2) is 6.75. The van der Waals surface area contributed by atoms with Crippen LogP contribution in [0.25, 0.3) is 11.1 Å². The smallest absolute Gasteiger partial charge is 0.251 e. The zero-order chi connectivity index (χ0) is 16.1. The number of hydrogen-bond acceptors (Lipinski definition) is 3. The Labute approximate surface area is 135 Å². The van der Waals surface area contributed by atoms with E-state index in [4.69, 9.17) is 5.73 Å². The molecule has 0 unspecified atom stereocenters. The Morgan fingerprint density at radius 1 is 1.00 bits per heavy atom. The number of nitrogen functional groups attached to an aromatic ring is 1. The zero-order valence-electron chi connectivity index (χ0n) is 12.6. The van der Waals surface area contributed by atoms with Crippen LogP contribution in [0.15, 0.2) is 73.1 Å². The molecule has 0 fully saturated rings. The van der Waals surface area contributed by atoms with Gasteiger partial charge in [0.25, 0.3) is 5.91 Å². The van der Waals surface area contributed by atoms with Gasteiger partial charge in [0, 0.05) is 30.2 Å². The molecule has 0 spiro atoms. The summed E-state index contributed by atoms with van der Waals surface area (Å²) >= 11 is 0. The second-order valence-electron chi connectivity index (χ2n) is 5.25. The van der Waals surface area contributed by atoms with Crippen LogP contribution in [-0.4, -0.2) is 10.9 Å². The first-order chi connectivity index (χ1) is 11.2. The molecule has 3 aromatic rings. The first-order valence-electron chi connectivity index (χ1n) is 7.35. The summed E-state index contributed by atoms with van der Waals surface area (Å²) < 4.78 is 0. The minimum Gasteiger partial charge on any atom is -0.399 e. The molecule has 4 nitrogen and oxygen atoms in total. The van der Waals surface area contributed by atoms with Crippen LogP contribution in [0, 0.1) is 0 Å². The van der Waals surface area contributed by atoms with E-state index in [-0.39, 0.29) is 5.91 Å². The van der Waals surface area contributed by atoms with Crippen molar-refractivity contribution in [1.29, 1.82) is 0 Å². The van der Waals surface area contributed by atoms with E-state index in [9.17, 15) is 4.79 Å². The maximum absolute atomic E-state index is 12.3. The van der Waals surface area contributed by atoms with Crippen molar-refractivity contribution in [3.63, 3.8) is 0 Å². The van der Waals surface area contributed by atoms with Gasteiger partial charge < -0.3 is 11.1 Å². The lowest BCUT2D eigenvalue weighted by Gasteiger charge is -2.08. The van der Waals surface area contributed by atoms with Gasteiger partial charge in [-0.15, -0.1) is 0 Å². The summed E-state index contributed by atoms with van der Waals surface area (Å²) in [5.74, 6) is -0.111. The number of nitrogens with two attached hydrogens (primary N) is 1. The van der Waals surface area contributed by atoms with Crippen LogP contribution in [-0.2, 0) is 6.54 Å². The summed E-state index contributed by atoms with van der Waals surface area (Å²) in [6.07, 6.45) is 3.45. The number of aromatic nitrogens is 1. The van der Waals surface area contributed by atoms with Crippen molar-refractivity contribution in [2.24, 2.45) is 0 Å². The quantitative estimate of drug-likeness (QED) is 0.727. The maximum atomic E-state index is 12.3. The largest absolute Gasteiger partial charge is 0.399 e. The number of amides is 1. The Hall–Kier alpha value is -3.14. The zero-order valence-corrected chi connectivity index (χ0v) is 12.6. The summed E-state index contributed by atoms with van der Waals surface area (Å²) in [6, 6.07) is 18.9. The standard InChI is InChI=1S/C19H17N3O/c20-18-8-2-6-16(11-18)15-5-1-7-17(10-15)19(23)22-13-14-4-3-9-21-12-14/h1-12H,13,20H2,(H,22,23). The van der Waals surface area contributed by atoms with Crippen LogP contribution in [0.3, 0.4) is 0 Å². The number of benzene rings is 2. The van der Waals surface area contributed by atoms with Gasteiger partial charge in [-0.3, -0.25) is 9.78 Å². The molecule has 23 heavy (non-hydrogen) atoms. The van der Waals surface area contributed by atoms with Gasteiger partial charge in [0.1, 0.15) is 0 Å². The summed E-state index contributed by atoms with van der Waals surface area (Å²) in [5.41, 5.74) is 10.1. The number of nitrogens with one attached hydrogen (secondary N) is 1. The predicted molar refractivity (Wildman–Crippen MR) is 91.7 cm³/mol. The van der Waals surface area contributed by atoms with Gasteiger partial charge in [-0.25, -0.2) is 0 Å². The molecule has 0 radical (unpaired) electrons. The average Bonchev–Trinajstić information content (AvgIpc) is 2.61. The van der Waals surface area contributed by atoms with Gasteiger partial charge >= 0.3 is 0 Å². The number of rotatable bonds is 4. The van der Waals surface area contributed by atoms with Crippen LogP contribution >= 0.6 is 0 Å². The predicted octanol–water partition coefficient (Wildman–Crippen LogP) is 3.26. The van der Waals surface area contributed by atoms with Crippen molar-refractivity contribution >= 4 is 11.6 Å². The molecule has 3 N–H and O–H groups in total. The monoisotopic (exact) mass is 303 g/mol. The lowest BCUT2D eigenvalue weighted by molar-refractivity contribution is 0.0951. The van der Waals surface area contributed by atoms with Gasteiger partial charge in [0.2, 0.25) is 0 Å². The number of pyridine rings is 1. The van der Waals surface area contributed by atoms with Crippen molar-refractivity contribution in [2.75, 3.05) is 5.73 Å². The number of hydrogen-bond donors (Lipinski definition) is 2. The molecular formula is C19H17N3O. The SMILES string of the molecule is Nc1cccc(-c2cccc(C(=O)NCc3cccnc3)c2)c1. The van der Waals surface area contributed by atoms with Gasteiger partial charge in [0.15, 0.2) is 0 Å². The Morgan fingerprint density at radius 3 is 2.52 bits per heavy atom. The number of anilines is 1. The summed E-state index contributed by atoms with van der Waals surface area (Å²) in [7, 11) is 0. The van der Waals surface area contributed by atoms with Crippen LogP contribution in [0.5, 0.6) is 0 Å². The fourth-order valence-electron chi connectivity index (χ4n) is 2.35. The molecule has 0 aliphatic carbocycles. The molecule has 1 amide bonds. The first-order valence-corrected chi connectivity index (χ1v) is 7.35. The molecule has 0 aliphatic heterocycles. The topological polar surface area (TPSA) is 68.0 Å². The van der Waals surface area contributed by atoms with Crippen LogP contribution in [0.4, 0.5) is 5.69 Å². The Morgan fingerprint density at radius 2 is 1.78 bits per heavy atom. The minimum atomic E-state index is -0.111. The van der Waals surface area contributed by atoms with E-state index in [1.165, 1.54) is 0 Å². The molecule has 4 heteroatoms. The third-order valence-electron chi connectivity index (χ3n) is 3.52.